The number of piperidine rings is 1. The van der Waals surface area contributed by atoms with Crippen LogP contribution < -0.4 is 10.6 Å². The van der Waals surface area contributed by atoms with E-state index in [-0.39, 0.29) is 11.9 Å². The van der Waals surface area contributed by atoms with Crippen LogP contribution in [0.2, 0.25) is 0 Å². The van der Waals surface area contributed by atoms with Crippen molar-refractivity contribution in [2.24, 2.45) is 5.92 Å². The smallest absolute Gasteiger partial charge is 0.237 e. The number of carbonyl (C=O) groups is 1. The predicted molar refractivity (Wildman–Crippen MR) is 74.8 cm³/mol. The van der Waals surface area contributed by atoms with Crippen LogP contribution in [0.4, 0.5) is 0 Å². The molecule has 1 aromatic rings. The van der Waals surface area contributed by atoms with Crippen LogP contribution >= 0.6 is 0 Å². The first-order valence-corrected chi connectivity index (χ1v) is 7.15. The number of amides is 1. The molecule has 1 unspecified atom stereocenters. The highest BCUT2D eigenvalue weighted by molar-refractivity contribution is 5.81. The van der Waals surface area contributed by atoms with E-state index in [2.05, 4.69) is 27.1 Å². The van der Waals surface area contributed by atoms with Gasteiger partial charge in [-0.1, -0.05) is 13.3 Å². The summed E-state index contributed by atoms with van der Waals surface area (Å²) in [7, 11) is 0. The zero-order chi connectivity index (χ0) is 13.7. The number of aryl methyl sites for hydroxylation is 1. The fourth-order valence-electron chi connectivity index (χ4n) is 2.47. The zero-order valence-electron chi connectivity index (χ0n) is 11.9. The Hall–Kier alpha value is -1.36. The van der Waals surface area contributed by atoms with Crippen LogP contribution in [-0.2, 0) is 11.3 Å². The van der Waals surface area contributed by atoms with Crippen LogP contribution in [0.3, 0.4) is 0 Å². The van der Waals surface area contributed by atoms with E-state index < -0.39 is 0 Å². The van der Waals surface area contributed by atoms with E-state index >= 15 is 0 Å². The van der Waals surface area contributed by atoms with Crippen molar-refractivity contribution in [2.75, 3.05) is 13.1 Å². The van der Waals surface area contributed by atoms with E-state index in [1.807, 2.05) is 19.3 Å². The minimum atomic E-state index is 0.0101. The average Bonchev–Trinajstić information content (AvgIpc) is 2.82. The lowest BCUT2D eigenvalue weighted by Gasteiger charge is -2.23. The Kier molecular flexibility index (Phi) is 4.96. The van der Waals surface area contributed by atoms with Gasteiger partial charge in [-0.2, -0.15) is 0 Å². The van der Waals surface area contributed by atoms with E-state index in [0.717, 1.165) is 31.8 Å². The molecule has 1 fully saturated rings. The summed E-state index contributed by atoms with van der Waals surface area (Å²) in [5, 5.41) is 6.32. The molecule has 19 heavy (non-hydrogen) atoms. The number of hydrogen-bond acceptors (Lipinski definition) is 3. The van der Waals surface area contributed by atoms with Crippen LogP contribution in [0.15, 0.2) is 12.4 Å². The zero-order valence-corrected chi connectivity index (χ0v) is 11.9. The molecule has 1 aromatic heterocycles. The van der Waals surface area contributed by atoms with Gasteiger partial charge in [0.15, 0.2) is 0 Å². The second-order valence-electron chi connectivity index (χ2n) is 5.48. The van der Waals surface area contributed by atoms with Gasteiger partial charge in [0.1, 0.15) is 5.82 Å². The molecule has 2 N–H and O–H groups in total. The number of nitrogens with one attached hydrogen (secondary N) is 2. The standard InChI is InChI=1S/C14H24N4O/c1-11(10-18-8-7-15-12(18)2)9-17-14(19)13-5-3-4-6-16-13/h7-8,11,13,16H,3-6,9-10H2,1-2H3,(H,17,19)/t11?,13-/m1/s1. The van der Waals surface area contributed by atoms with Crippen LogP contribution in [0.1, 0.15) is 32.0 Å². The van der Waals surface area contributed by atoms with Gasteiger partial charge >= 0.3 is 0 Å². The Morgan fingerprint density at radius 2 is 2.47 bits per heavy atom. The lowest BCUT2D eigenvalue weighted by molar-refractivity contribution is -0.123. The van der Waals surface area contributed by atoms with Gasteiger partial charge < -0.3 is 15.2 Å². The molecule has 0 spiro atoms. The van der Waals surface area contributed by atoms with Gasteiger partial charge in [-0.3, -0.25) is 4.79 Å². The molecule has 0 aliphatic carbocycles. The molecule has 0 aromatic carbocycles. The second kappa shape index (κ2) is 6.70. The van der Waals surface area contributed by atoms with E-state index in [4.69, 9.17) is 0 Å². The van der Waals surface area contributed by atoms with Crippen molar-refractivity contribution in [1.82, 2.24) is 20.2 Å². The van der Waals surface area contributed by atoms with E-state index in [1.165, 1.54) is 6.42 Å². The van der Waals surface area contributed by atoms with Gasteiger partial charge in [-0.05, 0) is 32.2 Å². The van der Waals surface area contributed by atoms with Crippen LogP contribution in [-0.4, -0.2) is 34.6 Å². The molecule has 5 nitrogen and oxygen atoms in total. The van der Waals surface area contributed by atoms with Gasteiger partial charge in [0.25, 0.3) is 0 Å². The normalized spacial score (nSPS) is 21.1. The Morgan fingerprint density at radius 1 is 1.63 bits per heavy atom. The minimum Gasteiger partial charge on any atom is -0.354 e. The molecular weight excluding hydrogens is 240 g/mol. The Morgan fingerprint density at radius 3 is 3.11 bits per heavy atom. The summed E-state index contributed by atoms with van der Waals surface area (Å²) in [6.45, 7) is 6.71. The average molecular weight is 264 g/mol. The number of imidazole rings is 1. The highest BCUT2D eigenvalue weighted by Gasteiger charge is 2.20. The summed E-state index contributed by atoms with van der Waals surface area (Å²) in [5.41, 5.74) is 0. The summed E-state index contributed by atoms with van der Waals surface area (Å²) in [6, 6.07) is 0.0101. The van der Waals surface area contributed by atoms with Gasteiger partial charge in [0.05, 0.1) is 6.04 Å². The second-order valence-corrected chi connectivity index (χ2v) is 5.48. The molecular formula is C14H24N4O. The lowest BCUT2D eigenvalue weighted by Crippen LogP contribution is -2.47. The molecule has 2 heterocycles. The first-order valence-electron chi connectivity index (χ1n) is 7.15. The molecule has 106 valence electrons. The maximum atomic E-state index is 12.0. The Labute approximate surface area is 114 Å². The first-order chi connectivity index (χ1) is 9.16. The van der Waals surface area contributed by atoms with Gasteiger partial charge in [-0.15, -0.1) is 0 Å². The molecule has 2 atom stereocenters. The number of hydrogen-bond donors (Lipinski definition) is 2. The molecule has 2 rings (SSSR count). The third-order valence-corrected chi connectivity index (χ3v) is 3.68. The number of aromatic nitrogens is 2. The Balaban J connectivity index is 1.72. The molecule has 1 amide bonds. The van der Waals surface area contributed by atoms with Crippen molar-refractivity contribution in [3.8, 4) is 0 Å². The Bertz CT molecular complexity index is 409. The quantitative estimate of drug-likeness (QED) is 0.837. The summed E-state index contributed by atoms with van der Waals surface area (Å²) in [6.07, 6.45) is 7.08. The van der Waals surface area contributed by atoms with E-state index in [1.54, 1.807) is 0 Å². The van der Waals surface area contributed by atoms with E-state index in [9.17, 15) is 4.79 Å². The molecule has 5 heteroatoms. The largest absolute Gasteiger partial charge is 0.354 e. The van der Waals surface area contributed by atoms with Crippen LogP contribution in [0.25, 0.3) is 0 Å². The van der Waals surface area contributed by atoms with Crippen molar-refractivity contribution in [3.05, 3.63) is 18.2 Å². The number of rotatable bonds is 5. The van der Waals surface area contributed by atoms with Crippen molar-refractivity contribution in [2.45, 2.75) is 45.7 Å². The van der Waals surface area contributed by atoms with Gasteiger partial charge in [0, 0.05) is 25.5 Å². The lowest BCUT2D eigenvalue weighted by atomic mass is 10.0. The monoisotopic (exact) mass is 264 g/mol. The van der Waals surface area contributed by atoms with Crippen LogP contribution in [0, 0.1) is 12.8 Å². The van der Waals surface area contributed by atoms with Crippen molar-refractivity contribution >= 4 is 5.91 Å². The van der Waals surface area contributed by atoms with Gasteiger partial charge in [0.2, 0.25) is 5.91 Å². The summed E-state index contributed by atoms with van der Waals surface area (Å²) in [5.74, 6) is 1.57. The summed E-state index contributed by atoms with van der Waals surface area (Å²) < 4.78 is 2.12. The predicted octanol–water partition coefficient (Wildman–Crippen LogP) is 1.09. The fourth-order valence-corrected chi connectivity index (χ4v) is 2.47. The van der Waals surface area contributed by atoms with Crippen LogP contribution in [0.5, 0.6) is 0 Å². The highest BCUT2D eigenvalue weighted by atomic mass is 16.2. The molecule has 0 bridgehead atoms. The SMILES string of the molecule is Cc1nccn1CC(C)CNC(=O)[C@H]1CCCCN1. The third-order valence-electron chi connectivity index (χ3n) is 3.68. The molecule has 1 saturated heterocycles. The fraction of sp³-hybridized carbons (Fsp3) is 0.714. The first kappa shape index (κ1) is 14.1. The van der Waals surface area contributed by atoms with Crippen molar-refractivity contribution in [3.63, 3.8) is 0 Å². The minimum absolute atomic E-state index is 0.0101. The molecule has 0 saturated carbocycles. The molecule has 1 aliphatic heterocycles. The summed E-state index contributed by atoms with van der Waals surface area (Å²) >= 11 is 0. The summed E-state index contributed by atoms with van der Waals surface area (Å²) in [4.78, 5) is 16.2. The molecule has 0 radical (unpaired) electrons. The topological polar surface area (TPSA) is 59.0 Å². The van der Waals surface area contributed by atoms with Crippen molar-refractivity contribution < 1.29 is 4.79 Å². The van der Waals surface area contributed by atoms with Gasteiger partial charge in [-0.25, -0.2) is 4.98 Å². The van der Waals surface area contributed by atoms with Crippen molar-refractivity contribution in [1.29, 1.82) is 0 Å². The number of carbonyl (C=O) groups excluding carboxylic acids is 1. The maximum Gasteiger partial charge on any atom is 0.237 e. The maximum absolute atomic E-state index is 12.0. The number of nitrogens with zero attached hydrogens (tertiary/aromatic N) is 2. The molecule has 1 aliphatic rings. The third kappa shape index (κ3) is 4.06. The highest BCUT2D eigenvalue weighted by Crippen LogP contribution is 2.07. The van der Waals surface area contributed by atoms with E-state index in [0.29, 0.717) is 12.5 Å².